The molecule has 8 heteroatoms. The van der Waals surface area contributed by atoms with E-state index < -0.39 is 11.7 Å². The third-order valence-electron chi connectivity index (χ3n) is 3.41. The molecular weight excluding hydrogens is 333 g/mol. The summed E-state index contributed by atoms with van der Waals surface area (Å²) in [5.41, 5.74) is 2.61. The van der Waals surface area contributed by atoms with Gasteiger partial charge in [-0.25, -0.2) is 9.07 Å². The molecule has 0 aliphatic heterocycles. The highest BCUT2D eigenvalue weighted by atomic mass is 35.5. The molecule has 0 unspecified atom stereocenters. The Morgan fingerprint density at radius 1 is 1.25 bits per heavy atom. The van der Waals surface area contributed by atoms with E-state index in [0.717, 1.165) is 5.69 Å². The number of nitrogens with one attached hydrogen (secondary N) is 1. The molecule has 3 rings (SSSR count). The van der Waals surface area contributed by atoms with Gasteiger partial charge >= 0.3 is 0 Å². The van der Waals surface area contributed by atoms with Crippen LogP contribution in [0.4, 0.5) is 10.1 Å². The Morgan fingerprint density at radius 2 is 2.04 bits per heavy atom. The maximum atomic E-state index is 13.3. The molecule has 2 aromatic heterocycles. The highest BCUT2D eigenvalue weighted by Gasteiger charge is 2.18. The molecule has 0 spiro atoms. The van der Waals surface area contributed by atoms with E-state index in [2.05, 4.69) is 20.6 Å². The lowest BCUT2D eigenvalue weighted by Gasteiger charge is -2.06. The first-order valence-corrected chi connectivity index (χ1v) is 7.45. The number of halogens is 2. The molecule has 122 valence electrons. The van der Waals surface area contributed by atoms with Gasteiger partial charge in [0.05, 0.1) is 16.4 Å². The second-order valence-corrected chi connectivity index (χ2v) is 5.58. The van der Waals surface area contributed by atoms with Gasteiger partial charge in [0.25, 0.3) is 5.91 Å². The van der Waals surface area contributed by atoms with Crippen LogP contribution in [0.3, 0.4) is 0 Å². The largest absolute Gasteiger partial charge is 0.320 e. The van der Waals surface area contributed by atoms with E-state index in [1.807, 2.05) is 6.92 Å². The number of anilines is 1. The molecule has 0 saturated carbocycles. The highest BCUT2D eigenvalue weighted by molar-refractivity contribution is 6.30. The summed E-state index contributed by atoms with van der Waals surface area (Å²) in [6.45, 7) is 3.53. The molecular formula is C16H13ClFN5O. The van der Waals surface area contributed by atoms with E-state index in [4.69, 9.17) is 11.6 Å². The van der Waals surface area contributed by atoms with Crippen LogP contribution in [-0.4, -0.2) is 25.9 Å². The molecule has 0 fully saturated rings. The highest BCUT2D eigenvalue weighted by Crippen LogP contribution is 2.20. The smallest absolute Gasteiger partial charge is 0.278 e. The minimum Gasteiger partial charge on any atom is -0.320 e. The van der Waals surface area contributed by atoms with Crippen molar-refractivity contribution in [3.05, 3.63) is 64.5 Å². The quantitative estimate of drug-likeness (QED) is 0.790. The first-order valence-electron chi connectivity index (χ1n) is 7.07. The molecule has 1 N–H and O–H groups in total. The number of rotatable bonds is 3. The molecule has 1 amide bonds. The van der Waals surface area contributed by atoms with Crippen molar-refractivity contribution in [3.63, 3.8) is 0 Å². The number of hydrogen-bond acceptors (Lipinski definition) is 4. The lowest BCUT2D eigenvalue weighted by Crippen LogP contribution is -2.14. The number of hydrogen-bond donors (Lipinski definition) is 1. The Hall–Kier alpha value is -2.80. The molecule has 1 aromatic carbocycles. The topological polar surface area (TPSA) is 72.7 Å². The van der Waals surface area contributed by atoms with Crippen LogP contribution in [0.2, 0.25) is 5.02 Å². The predicted molar refractivity (Wildman–Crippen MR) is 88.0 cm³/mol. The molecule has 0 aliphatic carbocycles. The van der Waals surface area contributed by atoms with Gasteiger partial charge in [0, 0.05) is 17.6 Å². The van der Waals surface area contributed by atoms with E-state index in [-0.39, 0.29) is 10.7 Å². The number of pyridine rings is 1. The van der Waals surface area contributed by atoms with Crippen LogP contribution in [0.15, 0.2) is 36.5 Å². The molecule has 24 heavy (non-hydrogen) atoms. The van der Waals surface area contributed by atoms with Crippen LogP contribution in [0.25, 0.3) is 5.69 Å². The molecule has 0 aliphatic rings. The van der Waals surface area contributed by atoms with E-state index >= 15 is 0 Å². The van der Waals surface area contributed by atoms with E-state index in [1.54, 1.807) is 25.3 Å². The first-order chi connectivity index (χ1) is 11.5. The maximum absolute atomic E-state index is 13.3. The summed E-state index contributed by atoms with van der Waals surface area (Å²) in [6.07, 6.45) is 1.61. The summed E-state index contributed by atoms with van der Waals surface area (Å²) in [5, 5.41) is 10.6. The molecule has 3 aromatic rings. The second kappa shape index (κ2) is 6.37. The zero-order valence-electron chi connectivity index (χ0n) is 12.9. The summed E-state index contributed by atoms with van der Waals surface area (Å²) in [4.78, 5) is 16.4. The molecule has 0 atom stereocenters. The van der Waals surface area contributed by atoms with Gasteiger partial charge in [0.1, 0.15) is 5.82 Å². The predicted octanol–water partition coefficient (Wildman–Crippen LogP) is 3.32. The summed E-state index contributed by atoms with van der Waals surface area (Å²) in [6, 6.07) is 7.60. The number of aromatic nitrogens is 4. The summed E-state index contributed by atoms with van der Waals surface area (Å²) >= 11 is 5.79. The van der Waals surface area contributed by atoms with Crippen molar-refractivity contribution in [2.45, 2.75) is 13.8 Å². The van der Waals surface area contributed by atoms with E-state index in [9.17, 15) is 9.18 Å². The minimum absolute atomic E-state index is 0.0272. The van der Waals surface area contributed by atoms with Crippen molar-refractivity contribution in [3.8, 4) is 5.69 Å². The van der Waals surface area contributed by atoms with Crippen LogP contribution in [0, 0.1) is 19.7 Å². The normalized spacial score (nSPS) is 10.7. The summed E-state index contributed by atoms with van der Waals surface area (Å²) < 4.78 is 14.7. The van der Waals surface area contributed by atoms with Gasteiger partial charge in [-0.05, 0) is 44.2 Å². The number of carbonyl (C=O) groups excluding carboxylic acids is 1. The van der Waals surface area contributed by atoms with Crippen LogP contribution >= 0.6 is 11.6 Å². The van der Waals surface area contributed by atoms with Gasteiger partial charge in [-0.1, -0.05) is 16.8 Å². The van der Waals surface area contributed by atoms with Crippen molar-refractivity contribution in [1.29, 1.82) is 0 Å². The number of amides is 1. The van der Waals surface area contributed by atoms with Gasteiger partial charge < -0.3 is 5.32 Å². The molecule has 0 saturated heterocycles. The minimum atomic E-state index is -0.524. The SMILES string of the molecule is Cc1cc(NC(=O)c2nnn(-c3ccc(F)c(Cl)c3)c2C)ccn1. The van der Waals surface area contributed by atoms with Gasteiger partial charge in [-0.15, -0.1) is 5.10 Å². The third-order valence-corrected chi connectivity index (χ3v) is 3.70. The fraction of sp³-hybridized carbons (Fsp3) is 0.125. The van der Waals surface area contributed by atoms with Crippen LogP contribution in [0.5, 0.6) is 0 Å². The average molecular weight is 346 g/mol. The van der Waals surface area contributed by atoms with Crippen LogP contribution < -0.4 is 5.32 Å². The second-order valence-electron chi connectivity index (χ2n) is 5.17. The Labute approximate surface area is 142 Å². The lowest BCUT2D eigenvalue weighted by molar-refractivity contribution is 0.102. The zero-order chi connectivity index (χ0) is 17.3. The fourth-order valence-electron chi connectivity index (χ4n) is 2.21. The van der Waals surface area contributed by atoms with Gasteiger partial charge in [-0.2, -0.15) is 0 Å². The van der Waals surface area contributed by atoms with Crippen molar-refractivity contribution in [1.82, 2.24) is 20.0 Å². The number of aryl methyl sites for hydroxylation is 1. The molecule has 2 heterocycles. The van der Waals surface area contributed by atoms with Crippen molar-refractivity contribution in [2.75, 3.05) is 5.32 Å². The van der Waals surface area contributed by atoms with Crippen LogP contribution in [-0.2, 0) is 0 Å². The Bertz CT molecular complexity index is 925. The standard InChI is InChI=1S/C16H13ClFN5O/c1-9-7-11(5-6-19-9)20-16(24)15-10(2)23(22-21-15)12-3-4-14(18)13(17)8-12/h3-8H,1-2H3,(H,19,20,24). The summed E-state index contributed by atoms with van der Waals surface area (Å²) in [5.74, 6) is -0.915. The Morgan fingerprint density at radius 3 is 2.75 bits per heavy atom. The van der Waals surface area contributed by atoms with Crippen molar-refractivity contribution < 1.29 is 9.18 Å². The van der Waals surface area contributed by atoms with E-state index in [0.29, 0.717) is 17.1 Å². The Kier molecular flexibility index (Phi) is 4.26. The van der Waals surface area contributed by atoms with Crippen LogP contribution in [0.1, 0.15) is 21.9 Å². The first kappa shape index (κ1) is 16.1. The molecule has 0 bridgehead atoms. The van der Waals surface area contributed by atoms with Crippen molar-refractivity contribution in [2.24, 2.45) is 0 Å². The lowest BCUT2D eigenvalue weighted by atomic mass is 10.2. The number of nitrogens with zero attached hydrogens (tertiary/aromatic N) is 4. The zero-order valence-corrected chi connectivity index (χ0v) is 13.7. The van der Waals surface area contributed by atoms with Crippen molar-refractivity contribution >= 4 is 23.2 Å². The molecule has 0 radical (unpaired) electrons. The van der Waals surface area contributed by atoms with E-state index in [1.165, 1.54) is 22.9 Å². The summed E-state index contributed by atoms with van der Waals surface area (Å²) in [7, 11) is 0. The van der Waals surface area contributed by atoms with Gasteiger partial charge in [-0.3, -0.25) is 9.78 Å². The molecule has 6 nitrogen and oxygen atoms in total. The number of benzene rings is 1. The van der Waals surface area contributed by atoms with Gasteiger partial charge in [0.15, 0.2) is 5.69 Å². The maximum Gasteiger partial charge on any atom is 0.278 e. The number of carbonyl (C=O) groups is 1. The van der Waals surface area contributed by atoms with Gasteiger partial charge in [0.2, 0.25) is 0 Å². The third kappa shape index (κ3) is 3.11. The monoisotopic (exact) mass is 345 g/mol. The average Bonchev–Trinajstić information content (AvgIpc) is 2.92. The fourth-order valence-corrected chi connectivity index (χ4v) is 2.39. The Balaban J connectivity index is 1.89.